The third-order valence-corrected chi connectivity index (χ3v) is 7.95. The van der Waals surface area contributed by atoms with Gasteiger partial charge in [-0.05, 0) is 24.3 Å². The maximum atomic E-state index is 12.3. The van der Waals surface area contributed by atoms with Gasteiger partial charge in [0, 0.05) is 16.0 Å². The van der Waals surface area contributed by atoms with Crippen LogP contribution in [0.3, 0.4) is 0 Å². The minimum Gasteiger partial charge on any atom is -0.431 e. The summed E-state index contributed by atoms with van der Waals surface area (Å²) >= 11 is 8.61. The molecule has 0 fully saturated rings. The summed E-state index contributed by atoms with van der Waals surface area (Å²) in [5.41, 5.74) is 2.38. The number of sulfone groups is 1. The van der Waals surface area contributed by atoms with Crippen LogP contribution in [-0.2, 0) is 14.6 Å². The monoisotopic (exact) mass is 493 g/mol. The SMILES string of the molecule is CCS(=O)(=O)c1ccc2oc(SCC(=O)Nc3nc(-c4ccccc4Cl)cs3)nc2c1. The van der Waals surface area contributed by atoms with Gasteiger partial charge in [-0.2, -0.15) is 0 Å². The number of hydrogen-bond donors (Lipinski definition) is 1. The number of aromatic nitrogens is 2. The molecule has 2 aromatic carbocycles. The number of thiazole rings is 1. The molecule has 4 rings (SSSR count). The summed E-state index contributed by atoms with van der Waals surface area (Å²) in [7, 11) is -3.33. The van der Waals surface area contributed by atoms with Crippen molar-refractivity contribution in [2.45, 2.75) is 17.0 Å². The van der Waals surface area contributed by atoms with Crippen molar-refractivity contribution in [2.75, 3.05) is 16.8 Å². The van der Waals surface area contributed by atoms with Crippen molar-refractivity contribution in [1.82, 2.24) is 9.97 Å². The maximum Gasteiger partial charge on any atom is 0.257 e. The van der Waals surface area contributed by atoms with Crippen molar-refractivity contribution in [3.8, 4) is 11.3 Å². The molecule has 0 atom stereocenters. The molecule has 11 heteroatoms. The van der Waals surface area contributed by atoms with Gasteiger partial charge in [0.1, 0.15) is 5.52 Å². The van der Waals surface area contributed by atoms with Crippen LogP contribution in [0.15, 0.2) is 62.4 Å². The second-order valence-electron chi connectivity index (χ2n) is 6.37. The van der Waals surface area contributed by atoms with Gasteiger partial charge in [-0.15, -0.1) is 11.3 Å². The number of nitrogens with zero attached hydrogens (tertiary/aromatic N) is 2. The van der Waals surface area contributed by atoms with Gasteiger partial charge >= 0.3 is 0 Å². The van der Waals surface area contributed by atoms with Crippen molar-refractivity contribution in [2.24, 2.45) is 0 Å². The van der Waals surface area contributed by atoms with E-state index in [9.17, 15) is 13.2 Å². The quantitative estimate of drug-likeness (QED) is 0.356. The van der Waals surface area contributed by atoms with Crippen LogP contribution in [0.2, 0.25) is 5.02 Å². The predicted octanol–water partition coefficient (Wildman–Crippen LogP) is 5.13. The van der Waals surface area contributed by atoms with Crippen LogP contribution in [0.5, 0.6) is 0 Å². The lowest BCUT2D eigenvalue weighted by Gasteiger charge is -2.00. The number of anilines is 1. The number of carbonyl (C=O) groups is 1. The van der Waals surface area contributed by atoms with Gasteiger partial charge in [-0.3, -0.25) is 4.79 Å². The summed E-state index contributed by atoms with van der Waals surface area (Å²) in [6.45, 7) is 1.59. The molecule has 1 N–H and O–H groups in total. The van der Waals surface area contributed by atoms with E-state index in [1.165, 1.54) is 23.5 Å². The van der Waals surface area contributed by atoms with Gasteiger partial charge in [-0.25, -0.2) is 18.4 Å². The molecular formula is C20H16ClN3O4S3. The first-order valence-electron chi connectivity index (χ1n) is 9.12. The predicted molar refractivity (Wildman–Crippen MR) is 124 cm³/mol. The van der Waals surface area contributed by atoms with E-state index in [1.807, 2.05) is 23.6 Å². The Kier molecular flexibility index (Phi) is 6.33. The molecule has 0 aliphatic heterocycles. The van der Waals surface area contributed by atoms with Gasteiger partial charge in [-0.1, -0.05) is 48.5 Å². The molecule has 0 aliphatic carbocycles. The van der Waals surface area contributed by atoms with E-state index in [0.717, 1.165) is 17.3 Å². The number of rotatable bonds is 7. The van der Waals surface area contributed by atoms with Crippen molar-refractivity contribution in [1.29, 1.82) is 0 Å². The normalized spacial score (nSPS) is 11.7. The molecule has 0 aliphatic rings. The smallest absolute Gasteiger partial charge is 0.257 e. The molecule has 0 radical (unpaired) electrons. The van der Waals surface area contributed by atoms with Gasteiger partial charge < -0.3 is 9.73 Å². The van der Waals surface area contributed by atoms with Gasteiger partial charge in [0.2, 0.25) is 5.91 Å². The second kappa shape index (κ2) is 8.99. The topological polar surface area (TPSA) is 102 Å². The van der Waals surface area contributed by atoms with Crippen molar-refractivity contribution in [3.63, 3.8) is 0 Å². The summed E-state index contributed by atoms with van der Waals surface area (Å²) in [6, 6.07) is 11.9. The highest BCUT2D eigenvalue weighted by molar-refractivity contribution is 7.99. The van der Waals surface area contributed by atoms with Crippen LogP contribution in [0.4, 0.5) is 5.13 Å². The average molecular weight is 494 g/mol. The molecule has 0 bridgehead atoms. The zero-order chi connectivity index (χ0) is 22.0. The summed E-state index contributed by atoms with van der Waals surface area (Å²) in [6.07, 6.45) is 0. The van der Waals surface area contributed by atoms with Crippen LogP contribution in [0.1, 0.15) is 6.92 Å². The first kappa shape index (κ1) is 21.8. The summed E-state index contributed by atoms with van der Waals surface area (Å²) < 4.78 is 29.6. The summed E-state index contributed by atoms with van der Waals surface area (Å²) in [5, 5.41) is 5.91. The number of benzene rings is 2. The van der Waals surface area contributed by atoms with Gasteiger partial charge in [0.05, 0.1) is 22.1 Å². The standard InChI is InChI=1S/C20H16ClN3O4S3/c1-2-31(26,27)12-7-8-17-15(9-12)23-20(28-17)30-11-18(25)24-19-22-16(10-29-19)13-5-3-4-6-14(13)21/h3-10H,2,11H2,1H3,(H,22,24,25). The first-order valence-corrected chi connectivity index (χ1v) is 13.0. The van der Waals surface area contributed by atoms with E-state index in [0.29, 0.717) is 26.9 Å². The minimum absolute atomic E-state index is 0.00703. The average Bonchev–Trinajstić information content (AvgIpc) is 3.38. The molecule has 160 valence electrons. The lowest BCUT2D eigenvalue weighted by Crippen LogP contribution is -2.13. The zero-order valence-corrected chi connectivity index (χ0v) is 19.4. The molecule has 4 aromatic rings. The number of oxazole rings is 1. The van der Waals surface area contributed by atoms with Gasteiger partial charge in [0.15, 0.2) is 20.6 Å². The molecule has 2 aromatic heterocycles. The van der Waals surface area contributed by atoms with E-state index >= 15 is 0 Å². The van der Waals surface area contributed by atoms with Crippen LogP contribution in [-0.4, -0.2) is 35.8 Å². The van der Waals surface area contributed by atoms with Crippen molar-refractivity contribution in [3.05, 3.63) is 52.9 Å². The van der Waals surface area contributed by atoms with Crippen LogP contribution in [0.25, 0.3) is 22.4 Å². The van der Waals surface area contributed by atoms with Crippen LogP contribution < -0.4 is 5.32 Å². The third kappa shape index (κ3) is 4.93. The Hall–Kier alpha value is -2.40. The fraction of sp³-hybridized carbons (Fsp3) is 0.150. The Morgan fingerprint density at radius 1 is 1.23 bits per heavy atom. The molecule has 1 amide bonds. The Balaban J connectivity index is 1.40. The van der Waals surface area contributed by atoms with E-state index < -0.39 is 9.84 Å². The van der Waals surface area contributed by atoms with Crippen LogP contribution >= 0.6 is 34.7 Å². The van der Waals surface area contributed by atoms with Gasteiger partial charge in [0.25, 0.3) is 5.22 Å². The molecule has 2 heterocycles. The highest BCUT2D eigenvalue weighted by atomic mass is 35.5. The fourth-order valence-corrected chi connectivity index (χ4v) is 5.21. The largest absolute Gasteiger partial charge is 0.431 e. The van der Waals surface area contributed by atoms with E-state index in [-0.39, 0.29) is 27.5 Å². The molecule has 0 saturated carbocycles. The lowest BCUT2D eigenvalue weighted by molar-refractivity contribution is -0.113. The third-order valence-electron chi connectivity index (χ3n) is 4.31. The van der Waals surface area contributed by atoms with Crippen molar-refractivity contribution < 1.29 is 17.6 Å². The summed E-state index contributed by atoms with van der Waals surface area (Å²) in [5.74, 6) is -0.192. The second-order valence-corrected chi connectivity index (χ2v) is 10.8. The Morgan fingerprint density at radius 2 is 2.03 bits per heavy atom. The molecule has 0 saturated heterocycles. The molecule has 0 spiro atoms. The number of nitrogens with one attached hydrogen (secondary N) is 1. The van der Waals surface area contributed by atoms with Crippen LogP contribution in [0, 0.1) is 0 Å². The van der Waals surface area contributed by atoms with E-state index in [2.05, 4.69) is 15.3 Å². The Labute approximate surface area is 191 Å². The highest BCUT2D eigenvalue weighted by Gasteiger charge is 2.16. The molecular weight excluding hydrogens is 478 g/mol. The van der Waals surface area contributed by atoms with E-state index in [4.69, 9.17) is 16.0 Å². The Morgan fingerprint density at radius 3 is 2.81 bits per heavy atom. The summed E-state index contributed by atoms with van der Waals surface area (Å²) in [4.78, 5) is 21.2. The number of halogens is 1. The highest BCUT2D eigenvalue weighted by Crippen LogP contribution is 2.30. The Bertz CT molecular complexity index is 1370. The lowest BCUT2D eigenvalue weighted by atomic mass is 10.2. The first-order chi connectivity index (χ1) is 14.9. The zero-order valence-electron chi connectivity index (χ0n) is 16.2. The minimum atomic E-state index is -3.33. The van der Waals surface area contributed by atoms with E-state index in [1.54, 1.807) is 19.1 Å². The molecule has 31 heavy (non-hydrogen) atoms. The van der Waals surface area contributed by atoms with Crippen molar-refractivity contribution >= 4 is 66.7 Å². The molecule has 0 unspecified atom stereocenters. The number of fused-ring (bicyclic) bond motifs is 1. The number of hydrogen-bond acceptors (Lipinski definition) is 8. The number of amides is 1. The molecule has 7 nitrogen and oxygen atoms in total. The fourth-order valence-electron chi connectivity index (χ4n) is 2.71. The number of carbonyl (C=O) groups excluding carboxylic acids is 1. The number of thioether (sulfide) groups is 1. The maximum absolute atomic E-state index is 12.3.